The zero-order valence-corrected chi connectivity index (χ0v) is 13.9. The van der Waals surface area contributed by atoms with Crippen molar-refractivity contribution in [2.45, 2.75) is 27.7 Å². The number of rotatable bonds is 4. The standard InChI is InChI=1S/C18H19NO5/c1-8-10(3)16(11(4)9(2)15(8)19)24-12-5-6-13(17(20)21)14(7-12)18(22)23/h5-7H,19H2,1-4H3,(H,20,21)(H,22,23). The molecule has 0 aliphatic rings. The van der Waals surface area contributed by atoms with Gasteiger partial charge in [0.1, 0.15) is 11.5 Å². The zero-order valence-electron chi connectivity index (χ0n) is 13.9. The minimum atomic E-state index is -1.32. The smallest absolute Gasteiger partial charge is 0.336 e. The Morgan fingerprint density at radius 1 is 0.875 bits per heavy atom. The predicted molar refractivity (Wildman–Crippen MR) is 90.2 cm³/mol. The van der Waals surface area contributed by atoms with E-state index in [1.807, 2.05) is 27.7 Å². The predicted octanol–water partition coefficient (Wildman–Crippen LogP) is 3.69. The minimum Gasteiger partial charge on any atom is -0.478 e. The molecule has 0 aliphatic carbocycles. The highest BCUT2D eigenvalue weighted by Gasteiger charge is 2.19. The first-order valence-corrected chi connectivity index (χ1v) is 7.29. The van der Waals surface area contributed by atoms with Crippen LogP contribution in [-0.4, -0.2) is 22.2 Å². The highest BCUT2D eigenvalue weighted by Crippen LogP contribution is 2.37. The quantitative estimate of drug-likeness (QED) is 0.738. The Labute approximate surface area is 139 Å². The second-order valence-corrected chi connectivity index (χ2v) is 5.66. The molecule has 6 heteroatoms. The minimum absolute atomic E-state index is 0.257. The van der Waals surface area contributed by atoms with Crippen LogP contribution in [0.5, 0.6) is 11.5 Å². The number of carbonyl (C=O) groups is 2. The van der Waals surface area contributed by atoms with E-state index in [1.165, 1.54) is 18.2 Å². The molecule has 0 aliphatic heterocycles. The monoisotopic (exact) mass is 329 g/mol. The number of nitrogen functional groups attached to an aromatic ring is 1. The van der Waals surface area contributed by atoms with E-state index in [0.29, 0.717) is 11.4 Å². The van der Waals surface area contributed by atoms with Gasteiger partial charge in [-0.1, -0.05) is 0 Å². The normalized spacial score (nSPS) is 10.5. The molecule has 0 radical (unpaired) electrons. The van der Waals surface area contributed by atoms with Crippen LogP contribution >= 0.6 is 0 Å². The average Bonchev–Trinajstić information content (AvgIpc) is 2.54. The van der Waals surface area contributed by atoms with Crippen molar-refractivity contribution in [1.29, 1.82) is 0 Å². The lowest BCUT2D eigenvalue weighted by atomic mass is 9.97. The van der Waals surface area contributed by atoms with Crippen molar-refractivity contribution in [3.63, 3.8) is 0 Å². The molecule has 0 bridgehead atoms. The average molecular weight is 329 g/mol. The van der Waals surface area contributed by atoms with Crippen molar-refractivity contribution >= 4 is 17.6 Å². The first kappa shape index (κ1) is 17.3. The van der Waals surface area contributed by atoms with Crippen molar-refractivity contribution in [2.75, 3.05) is 5.73 Å². The maximum atomic E-state index is 11.3. The maximum Gasteiger partial charge on any atom is 0.336 e. The van der Waals surface area contributed by atoms with E-state index in [1.54, 1.807) is 0 Å². The summed E-state index contributed by atoms with van der Waals surface area (Å²) < 4.78 is 5.87. The molecule has 0 saturated heterocycles. The molecule has 2 rings (SSSR count). The fraction of sp³-hybridized carbons (Fsp3) is 0.222. The van der Waals surface area contributed by atoms with Crippen LogP contribution in [0.1, 0.15) is 43.0 Å². The highest BCUT2D eigenvalue weighted by molar-refractivity contribution is 6.02. The van der Waals surface area contributed by atoms with Crippen LogP contribution in [0.3, 0.4) is 0 Å². The molecule has 0 amide bonds. The Morgan fingerprint density at radius 2 is 1.38 bits per heavy atom. The number of ether oxygens (including phenoxy) is 1. The van der Waals surface area contributed by atoms with E-state index in [0.717, 1.165) is 22.3 Å². The molecule has 24 heavy (non-hydrogen) atoms. The Balaban J connectivity index is 2.56. The van der Waals surface area contributed by atoms with Crippen LogP contribution < -0.4 is 10.5 Å². The summed E-state index contributed by atoms with van der Waals surface area (Å²) in [6.45, 7) is 7.52. The summed E-state index contributed by atoms with van der Waals surface area (Å²) in [6.07, 6.45) is 0. The van der Waals surface area contributed by atoms with Gasteiger partial charge in [0, 0.05) is 5.69 Å². The van der Waals surface area contributed by atoms with Gasteiger partial charge in [-0.15, -0.1) is 0 Å². The van der Waals surface area contributed by atoms with Crippen LogP contribution in [0.15, 0.2) is 18.2 Å². The van der Waals surface area contributed by atoms with Gasteiger partial charge in [0.15, 0.2) is 0 Å². The topological polar surface area (TPSA) is 110 Å². The van der Waals surface area contributed by atoms with Crippen LogP contribution in [0, 0.1) is 27.7 Å². The SMILES string of the molecule is Cc1c(C)c(Oc2ccc(C(=O)O)c(C(=O)O)c2)c(C)c(C)c1N. The second-order valence-electron chi connectivity index (χ2n) is 5.66. The third-order valence-corrected chi connectivity index (χ3v) is 4.29. The largest absolute Gasteiger partial charge is 0.478 e. The molecule has 0 fully saturated rings. The second kappa shape index (κ2) is 6.23. The molecule has 2 aromatic carbocycles. The van der Waals surface area contributed by atoms with Gasteiger partial charge < -0.3 is 20.7 Å². The molecule has 0 heterocycles. The van der Waals surface area contributed by atoms with E-state index in [-0.39, 0.29) is 16.9 Å². The number of hydrogen-bond acceptors (Lipinski definition) is 4. The summed E-state index contributed by atoms with van der Waals surface area (Å²) in [6, 6.07) is 3.88. The summed E-state index contributed by atoms with van der Waals surface area (Å²) in [7, 11) is 0. The molecular formula is C18H19NO5. The van der Waals surface area contributed by atoms with Crippen molar-refractivity contribution < 1.29 is 24.5 Å². The first-order valence-electron chi connectivity index (χ1n) is 7.29. The third-order valence-electron chi connectivity index (χ3n) is 4.29. The molecule has 2 aromatic rings. The molecule has 0 atom stereocenters. The van der Waals surface area contributed by atoms with E-state index >= 15 is 0 Å². The Morgan fingerprint density at radius 3 is 1.83 bits per heavy atom. The van der Waals surface area contributed by atoms with E-state index in [9.17, 15) is 14.7 Å². The number of anilines is 1. The molecular weight excluding hydrogens is 310 g/mol. The lowest BCUT2D eigenvalue weighted by molar-refractivity contribution is 0.0651. The van der Waals surface area contributed by atoms with Gasteiger partial charge in [-0.05, 0) is 68.1 Å². The van der Waals surface area contributed by atoms with Gasteiger partial charge in [-0.2, -0.15) is 0 Å². The summed E-state index contributed by atoms with van der Waals surface area (Å²) in [5, 5.41) is 18.3. The summed E-state index contributed by atoms with van der Waals surface area (Å²) >= 11 is 0. The van der Waals surface area contributed by atoms with E-state index in [4.69, 9.17) is 15.6 Å². The molecule has 4 N–H and O–H groups in total. The van der Waals surface area contributed by atoms with Gasteiger partial charge in [0.2, 0.25) is 0 Å². The first-order chi connectivity index (χ1) is 11.1. The number of carboxylic acids is 2. The van der Waals surface area contributed by atoms with Gasteiger partial charge in [-0.3, -0.25) is 0 Å². The fourth-order valence-corrected chi connectivity index (χ4v) is 2.53. The number of nitrogens with two attached hydrogens (primary N) is 1. The van der Waals surface area contributed by atoms with Crippen molar-refractivity contribution in [3.05, 3.63) is 51.6 Å². The van der Waals surface area contributed by atoms with Crippen LogP contribution in [0.25, 0.3) is 0 Å². The fourth-order valence-electron chi connectivity index (χ4n) is 2.53. The highest BCUT2D eigenvalue weighted by atomic mass is 16.5. The van der Waals surface area contributed by atoms with Crippen molar-refractivity contribution in [2.24, 2.45) is 0 Å². The maximum absolute atomic E-state index is 11.3. The van der Waals surface area contributed by atoms with Crippen molar-refractivity contribution in [3.8, 4) is 11.5 Å². The van der Waals surface area contributed by atoms with Crippen LogP contribution in [0.4, 0.5) is 5.69 Å². The molecule has 0 spiro atoms. The van der Waals surface area contributed by atoms with Crippen LogP contribution in [-0.2, 0) is 0 Å². The van der Waals surface area contributed by atoms with Gasteiger partial charge in [0.25, 0.3) is 0 Å². The van der Waals surface area contributed by atoms with Crippen molar-refractivity contribution in [1.82, 2.24) is 0 Å². The van der Waals surface area contributed by atoms with Crippen LogP contribution in [0.2, 0.25) is 0 Å². The number of carboxylic acid groups (broad SMARTS) is 2. The summed E-state index contributed by atoms with van der Waals surface area (Å²) in [5.41, 5.74) is 9.67. The Kier molecular flexibility index (Phi) is 4.50. The molecule has 0 aromatic heterocycles. The molecule has 126 valence electrons. The summed E-state index contributed by atoms with van der Waals surface area (Å²) in [5.74, 6) is -1.77. The van der Waals surface area contributed by atoms with Gasteiger partial charge in [-0.25, -0.2) is 9.59 Å². The Hall–Kier alpha value is -3.02. The summed E-state index contributed by atoms with van der Waals surface area (Å²) in [4.78, 5) is 22.4. The lowest BCUT2D eigenvalue weighted by Gasteiger charge is -2.19. The van der Waals surface area contributed by atoms with E-state index in [2.05, 4.69) is 0 Å². The molecule has 6 nitrogen and oxygen atoms in total. The van der Waals surface area contributed by atoms with Gasteiger partial charge >= 0.3 is 11.9 Å². The van der Waals surface area contributed by atoms with Gasteiger partial charge in [0.05, 0.1) is 11.1 Å². The molecule has 0 unspecified atom stereocenters. The zero-order chi connectivity index (χ0) is 18.2. The Bertz CT molecular complexity index is 826. The number of hydrogen-bond donors (Lipinski definition) is 3. The number of aromatic carboxylic acids is 2. The molecule has 0 saturated carbocycles. The van der Waals surface area contributed by atoms with E-state index < -0.39 is 11.9 Å². The number of benzene rings is 2. The third kappa shape index (κ3) is 2.90. The lowest BCUT2D eigenvalue weighted by Crippen LogP contribution is -2.08.